The zero-order valence-corrected chi connectivity index (χ0v) is 14.2. The topological polar surface area (TPSA) is 71.3 Å². The normalized spacial score (nSPS) is 11.6. The van der Waals surface area contributed by atoms with Crippen LogP contribution in [0.15, 0.2) is 39.8 Å². The minimum atomic E-state index is -3.67. The van der Waals surface area contributed by atoms with Crippen LogP contribution in [0.2, 0.25) is 0 Å². The van der Waals surface area contributed by atoms with Gasteiger partial charge in [0.1, 0.15) is 4.90 Å². The molecule has 0 aliphatic rings. The predicted octanol–water partition coefficient (Wildman–Crippen LogP) is 2.64. The van der Waals surface area contributed by atoms with E-state index in [9.17, 15) is 8.42 Å². The van der Waals surface area contributed by atoms with E-state index in [0.717, 1.165) is 10.0 Å². The summed E-state index contributed by atoms with van der Waals surface area (Å²) in [7, 11) is -1.97. The minimum absolute atomic E-state index is 0.138. The van der Waals surface area contributed by atoms with Crippen LogP contribution < -0.4 is 4.72 Å². The highest BCUT2D eigenvalue weighted by Gasteiger charge is 2.18. The molecular weight excluding hydrogens is 356 g/mol. The average Bonchev–Trinajstić information content (AvgIpc) is 2.82. The maximum absolute atomic E-state index is 12.4. The first-order valence-corrected chi connectivity index (χ1v) is 8.72. The van der Waals surface area contributed by atoms with Gasteiger partial charge in [0.2, 0.25) is 0 Å². The highest BCUT2D eigenvalue weighted by atomic mass is 79.9. The fourth-order valence-electron chi connectivity index (χ4n) is 2.04. The summed E-state index contributed by atoms with van der Waals surface area (Å²) in [6.07, 6.45) is 2.20. The Morgan fingerprint density at radius 3 is 2.62 bits per heavy atom. The van der Waals surface area contributed by atoms with Gasteiger partial charge in [0.25, 0.3) is 10.0 Å². The van der Waals surface area contributed by atoms with Crippen molar-refractivity contribution in [3.8, 4) is 0 Å². The van der Waals surface area contributed by atoms with Crippen molar-refractivity contribution in [1.29, 1.82) is 0 Å². The standard InChI is InChI=1S/C14H17BrN2O3S/c1-3-10-6-11(15)4-5-14(10)16-21(19,20)13-7-12(9-18)17(2)8-13/h4-8,16,18H,3,9H2,1-2H3. The van der Waals surface area contributed by atoms with Crippen molar-refractivity contribution in [2.45, 2.75) is 24.8 Å². The first-order chi connectivity index (χ1) is 9.87. The molecule has 0 saturated heterocycles. The number of sulfonamides is 1. The molecule has 21 heavy (non-hydrogen) atoms. The molecule has 1 aromatic carbocycles. The second-order valence-electron chi connectivity index (χ2n) is 4.70. The van der Waals surface area contributed by atoms with Gasteiger partial charge in [-0.15, -0.1) is 0 Å². The second kappa shape index (κ2) is 6.21. The van der Waals surface area contributed by atoms with E-state index in [0.29, 0.717) is 17.8 Å². The van der Waals surface area contributed by atoms with Crippen molar-refractivity contribution in [2.24, 2.45) is 7.05 Å². The van der Waals surface area contributed by atoms with Gasteiger partial charge in [0.05, 0.1) is 12.3 Å². The molecule has 2 aromatic rings. The number of aliphatic hydroxyl groups excluding tert-OH is 1. The number of nitrogens with zero attached hydrogens (tertiary/aromatic N) is 1. The number of aromatic nitrogens is 1. The van der Waals surface area contributed by atoms with Gasteiger partial charge in [-0.1, -0.05) is 22.9 Å². The Kier molecular flexibility index (Phi) is 4.75. The number of hydrogen-bond donors (Lipinski definition) is 2. The average molecular weight is 373 g/mol. The van der Waals surface area contributed by atoms with Gasteiger partial charge in [-0.2, -0.15) is 0 Å². The van der Waals surface area contributed by atoms with Crippen molar-refractivity contribution in [1.82, 2.24) is 4.57 Å². The SMILES string of the molecule is CCc1cc(Br)ccc1NS(=O)(=O)c1cc(CO)n(C)c1. The molecule has 0 bridgehead atoms. The zero-order chi connectivity index (χ0) is 15.6. The van der Waals surface area contributed by atoms with Crippen LogP contribution in [0.1, 0.15) is 18.2 Å². The summed E-state index contributed by atoms with van der Waals surface area (Å²) in [5, 5.41) is 9.16. The number of hydrogen-bond acceptors (Lipinski definition) is 3. The maximum Gasteiger partial charge on any atom is 0.263 e. The lowest BCUT2D eigenvalue weighted by molar-refractivity contribution is 0.272. The molecular formula is C14H17BrN2O3S. The summed E-state index contributed by atoms with van der Waals surface area (Å²) in [5.41, 5.74) is 2.02. The molecule has 0 fully saturated rings. The summed E-state index contributed by atoms with van der Waals surface area (Å²) < 4.78 is 29.9. The van der Waals surface area contributed by atoms with E-state index in [-0.39, 0.29) is 11.5 Å². The van der Waals surface area contributed by atoms with Crippen LogP contribution in [0.4, 0.5) is 5.69 Å². The third kappa shape index (κ3) is 3.48. The van der Waals surface area contributed by atoms with E-state index in [1.165, 1.54) is 12.3 Å². The number of aryl methyl sites for hydroxylation is 2. The fourth-order valence-corrected chi connectivity index (χ4v) is 3.64. The van der Waals surface area contributed by atoms with Crippen molar-refractivity contribution < 1.29 is 13.5 Å². The van der Waals surface area contributed by atoms with Crippen LogP contribution in [0.25, 0.3) is 0 Å². The number of halogens is 1. The van der Waals surface area contributed by atoms with Gasteiger partial charge in [-0.3, -0.25) is 4.72 Å². The van der Waals surface area contributed by atoms with Crippen molar-refractivity contribution >= 4 is 31.6 Å². The maximum atomic E-state index is 12.4. The third-order valence-electron chi connectivity index (χ3n) is 3.25. The van der Waals surface area contributed by atoms with Crippen LogP contribution in [-0.4, -0.2) is 18.1 Å². The molecule has 1 heterocycles. The summed E-state index contributed by atoms with van der Waals surface area (Å²) in [6.45, 7) is 1.76. The van der Waals surface area contributed by atoms with Gasteiger partial charge in [-0.05, 0) is 36.2 Å². The molecule has 0 aliphatic carbocycles. The lowest BCUT2D eigenvalue weighted by Gasteiger charge is -2.11. The molecule has 114 valence electrons. The number of aliphatic hydroxyl groups is 1. The van der Waals surface area contributed by atoms with Gasteiger partial charge < -0.3 is 9.67 Å². The van der Waals surface area contributed by atoms with E-state index in [1.54, 1.807) is 23.7 Å². The largest absolute Gasteiger partial charge is 0.390 e. The van der Waals surface area contributed by atoms with E-state index < -0.39 is 10.0 Å². The van der Waals surface area contributed by atoms with E-state index >= 15 is 0 Å². The molecule has 7 heteroatoms. The minimum Gasteiger partial charge on any atom is -0.390 e. The van der Waals surface area contributed by atoms with E-state index in [4.69, 9.17) is 5.11 Å². The molecule has 0 aliphatic heterocycles. The van der Waals surface area contributed by atoms with Crippen molar-refractivity contribution in [3.05, 3.63) is 46.2 Å². The van der Waals surface area contributed by atoms with Crippen LogP contribution in [0, 0.1) is 0 Å². The number of nitrogens with one attached hydrogen (secondary N) is 1. The Balaban J connectivity index is 2.37. The summed E-state index contributed by atoms with van der Waals surface area (Å²) in [5.74, 6) is 0. The number of anilines is 1. The third-order valence-corrected chi connectivity index (χ3v) is 5.07. The van der Waals surface area contributed by atoms with Crippen LogP contribution in [-0.2, 0) is 30.1 Å². The van der Waals surface area contributed by atoms with Crippen molar-refractivity contribution in [2.75, 3.05) is 4.72 Å². The van der Waals surface area contributed by atoms with Gasteiger partial charge in [0.15, 0.2) is 0 Å². The Hall–Kier alpha value is -1.31. The molecule has 5 nitrogen and oxygen atoms in total. The highest BCUT2D eigenvalue weighted by molar-refractivity contribution is 9.10. The molecule has 1 aromatic heterocycles. The molecule has 0 saturated carbocycles. The number of rotatable bonds is 5. The smallest absolute Gasteiger partial charge is 0.263 e. The van der Waals surface area contributed by atoms with E-state index in [2.05, 4.69) is 20.7 Å². The molecule has 0 radical (unpaired) electrons. The first kappa shape index (κ1) is 16.1. The molecule has 0 amide bonds. The zero-order valence-electron chi connectivity index (χ0n) is 11.8. The van der Waals surface area contributed by atoms with Crippen molar-refractivity contribution in [3.63, 3.8) is 0 Å². The van der Waals surface area contributed by atoms with Gasteiger partial charge in [0, 0.05) is 23.4 Å². The van der Waals surface area contributed by atoms with Crippen LogP contribution in [0.3, 0.4) is 0 Å². The lowest BCUT2D eigenvalue weighted by atomic mass is 10.1. The quantitative estimate of drug-likeness (QED) is 0.847. The Morgan fingerprint density at radius 2 is 2.05 bits per heavy atom. The van der Waals surface area contributed by atoms with Gasteiger partial charge >= 0.3 is 0 Å². The Labute approximate surface area is 132 Å². The number of benzene rings is 1. The fraction of sp³-hybridized carbons (Fsp3) is 0.286. The molecule has 2 rings (SSSR count). The summed E-state index contributed by atoms with van der Waals surface area (Å²) >= 11 is 3.38. The van der Waals surface area contributed by atoms with Crippen LogP contribution >= 0.6 is 15.9 Å². The highest BCUT2D eigenvalue weighted by Crippen LogP contribution is 2.25. The van der Waals surface area contributed by atoms with Gasteiger partial charge in [-0.25, -0.2) is 8.42 Å². The Bertz CT molecular complexity index is 754. The molecule has 0 spiro atoms. The van der Waals surface area contributed by atoms with E-state index in [1.807, 2.05) is 13.0 Å². The monoisotopic (exact) mass is 372 g/mol. The molecule has 0 unspecified atom stereocenters. The predicted molar refractivity (Wildman–Crippen MR) is 85.7 cm³/mol. The first-order valence-electron chi connectivity index (χ1n) is 6.44. The lowest BCUT2D eigenvalue weighted by Crippen LogP contribution is -2.13. The summed E-state index contributed by atoms with van der Waals surface area (Å²) in [4.78, 5) is 0.138. The molecule has 0 atom stereocenters. The second-order valence-corrected chi connectivity index (χ2v) is 7.29. The van der Waals surface area contributed by atoms with Crippen LogP contribution in [0.5, 0.6) is 0 Å². The molecule has 2 N–H and O–H groups in total. The summed E-state index contributed by atoms with van der Waals surface area (Å²) in [6, 6.07) is 6.88. The Morgan fingerprint density at radius 1 is 1.33 bits per heavy atom.